The zero-order valence-electron chi connectivity index (χ0n) is 21.1. The number of amides is 2. The summed E-state index contributed by atoms with van der Waals surface area (Å²) in [7, 11) is 1.51. The lowest BCUT2D eigenvalue weighted by molar-refractivity contribution is 0.0883. The van der Waals surface area contributed by atoms with E-state index in [9.17, 15) is 18.4 Å². The number of carbonyl (C=O) groups is 2. The Hall–Kier alpha value is -3.94. The summed E-state index contributed by atoms with van der Waals surface area (Å²) < 4.78 is 38.0. The topological polar surface area (TPSA) is 76.7 Å². The van der Waals surface area contributed by atoms with E-state index >= 15 is 0 Å². The minimum Gasteiger partial charge on any atom is -0.493 e. The van der Waals surface area contributed by atoms with Gasteiger partial charge in [0, 0.05) is 11.1 Å². The second-order valence-electron chi connectivity index (χ2n) is 8.57. The highest BCUT2D eigenvalue weighted by Crippen LogP contribution is 2.30. The highest BCUT2D eigenvalue weighted by atomic mass is 19.1. The average molecular weight is 511 g/mol. The zero-order chi connectivity index (χ0) is 26.6. The van der Waals surface area contributed by atoms with E-state index in [1.165, 1.54) is 74.9 Å². The fraction of sp³-hybridized carbons (Fsp3) is 0.310. The number of ether oxygens (including phenoxy) is 2. The molecule has 2 N–H and O–H groups in total. The second-order valence-corrected chi connectivity index (χ2v) is 8.57. The van der Waals surface area contributed by atoms with E-state index < -0.39 is 29.6 Å². The molecule has 0 unspecified atom stereocenters. The summed E-state index contributed by atoms with van der Waals surface area (Å²) in [5.74, 6) is -0.975. The predicted octanol–water partition coefficient (Wildman–Crippen LogP) is 6.18. The number of rotatable bonds is 13. The lowest BCUT2D eigenvalue weighted by Crippen LogP contribution is -2.41. The molecule has 0 aromatic heterocycles. The third kappa shape index (κ3) is 8.31. The number of benzene rings is 3. The van der Waals surface area contributed by atoms with Crippen molar-refractivity contribution in [2.75, 3.05) is 13.7 Å². The van der Waals surface area contributed by atoms with Crippen molar-refractivity contribution in [3.63, 3.8) is 0 Å². The highest BCUT2D eigenvalue weighted by Gasteiger charge is 2.21. The first-order valence-corrected chi connectivity index (χ1v) is 12.3. The highest BCUT2D eigenvalue weighted by molar-refractivity contribution is 5.96. The van der Waals surface area contributed by atoms with Gasteiger partial charge in [-0.05, 0) is 72.6 Å². The Labute approximate surface area is 216 Å². The molecule has 0 aliphatic rings. The molecule has 3 aromatic carbocycles. The van der Waals surface area contributed by atoms with Crippen LogP contribution in [0.2, 0.25) is 0 Å². The first-order valence-electron chi connectivity index (χ1n) is 12.3. The summed E-state index contributed by atoms with van der Waals surface area (Å²) in [4.78, 5) is 25.8. The normalized spacial score (nSPS) is 10.7. The van der Waals surface area contributed by atoms with Gasteiger partial charge in [-0.2, -0.15) is 0 Å². The van der Waals surface area contributed by atoms with E-state index in [2.05, 4.69) is 17.6 Å². The van der Waals surface area contributed by atoms with Crippen LogP contribution < -0.4 is 20.1 Å². The molecule has 0 radical (unpaired) electrons. The van der Waals surface area contributed by atoms with Gasteiger partial charge in [0.25, 0.3) is 11.8 Å². The van der Waals surface area contributed by atoms with Gasteiger partial charge in [0.05, 0.1) is 13.7 Å². The van der Waals surface area contributed by atoms with Crippen LogP contribution in [0.4, 0.5) is 8.78 Å². The van der Waals surface area contributed by atoms with Gasteiger partial charge < -0.3 is 20.1 Å². The third-order valence-electron chi connectivity index (χ3n) is 5.79. The maximum atomic E-state index is 13.3. The summed E-state index contributed by atoms with van der Waals surface area (Å²) in [5.41, 5.74) is 0.966. The van der Waals surface area contributed by atoms with Crippen molar-refractivity contribution in [2.45, 2.75) is 45.2 Å². The largest absolute Gasteiger partial charge is 0.493 e. The number of nitrogens with one attached hydrogen (secondary N) is 2. The number of hydrogen-bond donors (Lipinski definition) is 2. The van der Waals surface area contributed by atoms with Gasteiger partial charge in [0.2, 0.25) is 0 Å². The monoisotopic (exact) mass is 510 g/mol. The molecule has 0 saturated carbocycles. The molecular formula is C29H32F2N2O4. The van der Waals surface area contributed by atoms with Gasteiger partial charge >= 0.3 is 0 Å². The Bertz CT molecular complexity index is 1110. The molecule has 0 saturated heterocycles. The van der Waals surface area contributed by atoms with Crippen molar-refractivity contribution in [3.8, 4) is 11.5 Å². The van der Waals surface area contributed by atoms with E-state index in [1.54, 1.807) is 18.2 Å². The Balaban J connectivity index is 1.79. The van der Waals surface area contributed by atoms with E-state index in [0.717, 1.165) is 12.8 Å². The van der Waals surface area contributed by atoms with Crippen molar-refractivity contribution in [1.29, 1.82) is 0 Å². The third-order valence-corrected chi connectivity index (χ3v) is 5.79. The number of hydrogen-bond acceptors (Lipinski definition) is 4. The summed E-state index contributed by atoms with van der Waals surface area (Å²) in [6, 6.07) is 15.2. The number of carbonyl (C=O) groups excluding carboxylic acids is 2. The van der Waals surface area contributed by atoms with Crippen LogP contribution in [0, 0.1) is 11.6 Å². The van der Waals surface area contributed by atoms with Crippen LogP contribution >= 0.6 is 0 Å². The smallest absolute Gasteiger partial charge is 0.253 e. The maximum absolute atomic E-state index is 13.3. The van der Waals surface area contributed by atoms with Gasteiger partial charge in [0.15, 0.2) is 11.5 Å². The lowest BCUT2D eigenvalue weighted by Gasteiger charge is -2.22. The van der Waals surface area contributed by atoms with Crippen LogP contribution in [-0.2, 0) is 0 Å². The van der Waals surface area contributed by atoms with Crippen LogP contribution in [0.15, 0.2) is 66.7 Å². The quantitative estimate of drug-likeness (QED) is 0.213. The van der Waals surface area contributed by atoms with Gasteiger partial charge in [-0.1, -0.05) is 38.7 Å². The maximum Gasteiger partial charge on any atom is 0.253 e. The fourth-order valence-electron chi connectivity index (χ4n) is 3.70. The van der Waals surface area contributed by atoms with Gasteiger partial charge in [-0.3, -0.25) is 9.59 Å². The second kappa shape index (κ2) is 14.0. The molecule has 0 spiro atoms. The molecule has 3 rings (SSSR count). The van der Waals surface area contributed by atoms with Crippen LogP contribution in [-0.4, -0.2) is 25.5 Å². The van der Waals surface area contributed by atoms with Crippen molar-refractivity contribution in [2.24, 2.45) is 0 Å². The Morgan fingerprint density at radius 3 is 1.81 bits per heavy atom. The van der Waals surface area contributed by atoms with Crippen molar-refractivity contribution < 1.29 is 27.8 Å². The molecule has 0 heterocycles. The Morgan fingerprint density at radius 1 is 0.757 bits per heavy atom. The summed E-state index contributed by atoms with van der Waals surface area (Å²) in [6.07, 6.45) is 4.58. The number of halogens is 2. The van der Waals surface area contributed by atoms with Crippen LogP contribution in [0.1, 0.15) is 71.5 Å². The van der Waals surface area contributed by atoms with Gasteiger partial charge in [-0.15, -0.1) is 0 Å². The van der Waals surface area contributed by atoms with Crippen molar-refractivity contribution in [1.82, 2.24) is 10.6 Å². The van der Waals surface area contributed by atoms with Crippen molar-refractivity contribution in [3.05, 3.63) is 95.1 Å². The summed E-state index contributed by atoms with van der Waals surface area (Å²) >= 11 is 0. The first kappa shape index (κ1) is 27.6. The molecule has 0 fully saturated rings. The standard InChI is InChI=1S/C29H32F2N2O4/c1-3-4-5-6-7-18-37-25-17-12-22(19-26(25)36-2)27(32-28(34)20-8-13-23(30)14-9-20)33-29(35)21-10-15-24(31)16-11-21/h8-17,19,27H,3-7,18H2,1-2H3,(H,32,34)(H,33,35). The number of unbranched alkanes of at least 4 members (excludes halogenated alkanes) is 4. The average Bonchev–Trinajstić information content (AvgIpc) is 2.91. The molecule has 196 valence electrons. The van der Waals surface area contributed by atoms with Crippen LogP contribution in [0.25, 0.3) is 0 Å². The van der Waals surface area contributed by atoms with E-state index in [1.807, 2.05) is 0 Å². The molecule has 37 heavy (non-hydrogen) atoms. The van der Waals surface area contributed by atoms with E-state index in [0.29, 0.717) is 23.7 Å². The predicted molar refractivity (Wildman–Crippen MR) is 138 cm³/mol. The SMILES string of the molecule is CCCCCCCOc1ccc(C(NC(=O)c2ccc(F)cc2)NC(=O)c2ccc(F)cc2)cc1OC. The molecule has 6 nitrogen and oxygen atoms in total. The van der Waals surface area contributed by atoms with Crippen molar-refractivity contribution >= 4 is 11.8 Å². The molecule has 8 heteroatoms. The molecule has 3 aromatic rings. The molecule has 2 amide bonds. The minimum absolute atomic E-state index is 0.220. The summed E-state index contributed by atoms with van der Waals surface area (Å²) in [6.45, 7) is 2.71. The van der Waals surface area contributed by atoms with Crippen LogP contribution in [0.3, 0.4) is 0 Å². The Morgan fingerprint density at radius 2 is 1.30 bits per heavy atom. The van der Waals surface area contributed by atoms with Crippen LogP contribution in [0.5, 0.6) is 11.5 Å². The number of methoxy groups -OCH3 is 1. The first-order chi connectivity index (χ1) is 17.9. The molecule has 0 bridgehead atoms. The molecular weight excluding hydrogens is 478 g/mol. The van der Waals surface area contributed by atoms with E-state index in [4.69, 9.17) is 9.47 Å². The van der Waals surface area contributed by atoms with Gasteiger partial charge in [0.1, 0.15) is 17.8 Å². The minimum atomic E-state index is -0.966. The fourth-order valence-corrected chi connectivity index (χ4v) is 3.70. The van der Waals surface area contributed by atoms with E-state index in [-0.39, 0.29) is 11.1 Å². The lowest BCUT2D eigenvalue weighted by atomic mass is 10.1. The summed E-state index contributed by atoms with van der Waals surface area (Å²) in [5, 5.41) is 5.52. The molecule has 0 aliphatic heterocycles. The molecule has 0 aliphatic carbocycles. The Kier molecular flexibility index (Phi) is 10.4. The molecule has 0 atom stereocenters. The van der Waals surface area contributed by atoms with Gasteiger partial charge in [-0.25, -0.2) is 8.78 Å². The zero-order valence-corrected chi connectivity index (χ0v) is 21.1.